The first-order valence-electron chi connectivity index (χ1n) is 18.5. The molecule has 0 rings (SSSR count). The number of rotatable bonds is 34. The summed E-state index contributed by atoms with van der Waals surface area (Å²) >= 11 is 0. The first-order valence-corrected chi connectivity index (χ1v) is 20.8. The molecule has 0 amide bonds. The van der Waals surface area contributed by atoms with Crippen LogP contribution in [-0.4, -0.2) is 21.8 Å². The molecule has 0 fully saturated rings. The molecule has 0 aromatic carbocycles. The topological polar surface area (TPSA) is 18.5 Å². The number of hydrogen-bond donors (Lipinski definition) is 0. The molecule has 0 aliphatic carbocycles. The highest BCUT2D eigenvalue weighted by molar-refractivity contribution is 6.67. The normalized spacial score (nSPS) is 12.0. The molecule has 0 aliphatic heterocycles. The van der Waals surface area contributed by atoms with Gasteiger partial charge in [0.2, 0.25) is 0 Å². The Bertz CT molecular complexity index is 402. The van der Waals surface area contributed by atoms with Gasteiger partial charge in [-0.3, -0.25) is 0 Å². The molecule has 0 saturated carbocycles. The Morgan fingerprint density at radius 1 is 0.282 bits per heavy atom. The summed E-state index contributed by atoms with van der Waals surface area (Å²) < 4.78 is 12.8. The maximum Gasteiger partial charge on any atom is 0.338 e. The van der Waals surface area contributed by atoms with Crippen LogP contribution in [0.2, 0.25) is 12.1 Å². The van der Waals surface area contributed by atoms with E-state index < -0.39 is 8.56 Å². The van der Waals surface area contributed by atoms with Gasteiger partial charge in [-0.25, -0.2) is 0 Å². The molecule has 0 aromatic heterocycles. The standard InChI is InChI=1S/C36H76O2Si/c1-5-9-11-13-15-17-19-21-23-25-27-29-31-33-35-39(37-7-3,38-8-4)36-34-32-30-28-26-24-22-20-18-16-14-12-10-6-2/h5-36H2,1-4H3. The summed E-state index contributed by atoms with van der Waals surface area (Å²) in [6.07, 6.45) is 39.9. The van der Waals surface area contributed by atoms with E-state index in [-0.39, 0.29) is 0 Å². The third kappa shape index (κ3) is 28.0. The Morgan fingerprint density at radius 3 is 0.692 bits per heavy atom. The van der Waals surface area contributed by atoms with Gasteiger partial charge in [-0.15, -0.1) is 0 Å². The molecule has 2 nitrogen and oxygen atoms in total. The molecule has 0 aromatic rings. The van der Waals surface area contributed by atoms with Crippen LogP contribution in [0.4, 0.5) is 0 Å². The minimum atomic E-state index is -2.00. The number of hydrogen-bond acceptors (Lipinski definition) is 2. The van der Waals surface area contributed by atoms with Crippen molar-refractivity contribution in [2.75, 3.05) is 13.2 Å². The van der Waals surface area contributed by atoms with Gasteiger partial charge in [0.1, 0.15) is 0 Å². The fourth-order valence-electron chi connectivity index (χ4n) is 6.16. The fraction of sp³-hybridized carbons (Fsp3) is 1.00. The fourth-order valence-corrected chi connectivity index (χ4v) is 9.70. The SMILES string of the molecule is CCCCCCCCCCCCCCCC[Si](CCCCCCCCCCCCCCCC)(OCC)OCC. The summed E-state index contributed by atoms with van der Waals surface area (Å²) in [6, 6.07) is 2.43. The molecule has 0 saturated heterocycles. The molecule has 0 heterocycles. The Hall–Kier alpha value is 0.137. The highest BCUT2D eigenvalue weighted by Crippen LogP contribution is 2.26. The van der Waals surface area contributed by atoms with Gasteiger partial charge in [0.05, 0.1) is 0 Å². The summed E-state index contributed by atoms with van der Waals surface area (Å²) in [5, 5.41) is 0. The van der Waals surface area contributed by atoms with E-state index in [1.807, 2.05) is 0 Å². The van der Waals surface area contributed by atoms with Crippen LogP contribution in [-0.2, 0) is 8.85 Å². The quantitative estimate of drug-likeness (QED) is 0.0567. The first kappa shape index (κ1) is 39.1. The molecule has 0 spiro atoms. The van der Waals surface area contributed by atoms with Gasteiger partial charge < -0.3 is 8.85 Å². The molecule has 3 heteroatoms. The van der Waals surface area contributed by atoms with Crippen molar-refractivity contribution in [3.05, 3.63) is 0 Å². The Kier molecular flexibility index (Phi) is 32.8. The van der Waals surface area contributed by atoms with Gasteiger partial charge in [0, 0.05) is 13.2 Å². The van der Waals surface area contributed by atoms with Crippen LogP contribution in [0.5, 0.6) is 0 Å². The summed E-state index contributed by atoms with van der Waals surface area (Å²) in [5.74, 6) is 0. The molecule has 0 atom stereocenters. The lowest BCUT2D eigenvalue weighted by molar-refractivity contribution is 0.180. The van der Waals surface area contributed by atoms with Crippen molar-refractivity contribution in [2.45, 2.75) is 220 Å². The van der Waals surface area contributed by atoms with E-state index in [2.05, 4.69) is 27.7 Å². The van der Waals surface area contributed by atoms with Crippen LogP contribution >= 0.6 is 0 Å². The van der Waals surface area contributed by atoms with Crippen molar-refractivity contribution in [1.29, 1.82) is 0 Å². The summed E-state index contributed by atoms with van der Waals surface area (Å²) in [4.78, 5) is 0. The van der Waals surface area contributed by atoms with Gasteiger partial charge in [-0.05, 0) is 25.9 Å². The van der Waals surface area contributed by atoms with Crippen molar-refractivity contribution in [2.24, 2.45) is 0 Å². The molecule has 39 heavy (non-hydrogen) atoms. The van der Waals surface area contributed by atoms with Gasteiger partial charge >= 0.3 is 8.56 Å². The monoisotopic (exact) mass is 569 g/mol. The molecule has 0 bridgehead atoms. The van der Waals surface area contributed by atoms with E-state index in [0.29, 0.717) is 0 Å². The molecular weight excluding hydrogens is 492 g/mol. The largest absolute Gasteiger partial charge is 0.394 e. The van der Waals surface area contributed by atoms with E-state index in [0.717, 1.165) is 13.2 Å². The lowest BCUT2D eigenvalue weighted by Gasteiger charge is -2.30. The Labute approximate surface area is 249 Å². The second kappa shape index (κ2) is 32.6. The average molecular weight is 569 g/mol. The number of unbranched alkanes of at least 4 members (excludes halogenated alkanes) is 26. The van der Waals surface area contributed by atoms with Crippen molar-refractivity contribution in [1.82, 2.24) is 0 Å². The molecule has 0 N–H and O–H groups in total. The smallest absolute Gasteiger partial charge is 0.338 e. The second-order valence-corrected chi connectivity index (χ2v) is 15.9. The Morgan fingerprint density at radius 2 is 0.487 bits per heavy atom. The zero-order valence-electron chi connectivity index (χ0n) is 27.9. The maximum atomic E-state index is 6.41. The van der Waals surface area contributed by atoms with Gasteiger partial charge in [0.25, 0.3) is 0 Å². The van der Waals surface area contributed by atoms with E-state index in [9.17, 15) is 0 Å². The van der Waals surface area contributed by atoms with E-state index in [1.54, 1.807) is 0 Å². The minimum absolute atomic E-state index is 0.823. The third-order valence-electron chi connectivity index (χ3n) is 8.64. The maximum absolute atomic E-state index is 6.41. The van der Waals surface area contributed by atoms with E-state index in [4.69, 9.17) is 8.85 Å². The van der Waals surface area contributed by atoms with Crippen LogP contribution in [0.1, 0.15) is 207 Å². The lowest BCUT2D eigenvalue weighted by Crippen LogP contribution is -2.42. The Balaban J connectivity index is 3.78. The summed E-state index contributed by atoms with van der Waals surface area (Å²) in [5.41, 5.74) is 0. The zero-order valence-corrected chi connectivity index (χ0v) is 28.9. The minimum Gasteiger partial charge on any atom is -0.394 e. The molecule has 0 aliphatic rings. The van der Waals surface area contributed by atoms with Crippen molar-refractivity contribution in [3.63, 3.8) is 0 Å². The third-order valence-corrected chi connectivity index (χ3v) is 12.5. The summed E-state index contributed by atoms with van der Waals surface area (Å²) in [6.45, 7) is 10.6. The van der Waals surface area contributed by atoms with Crippen LogP contribution in [0, 0.1) is 0 Å². The molecule has 0 radical (unpaired) electrons. The van der Waals surface area contributed by atoms with Gasteiger partial charge in [-0.1, -0.05) is 194 Å². The van der Waals surface area contributed by atoms with Crippen LogP contribution in [0.3, 0.4) is 0 Å². The van der Waals surface area contributed by atoms with E-state index in [1.165, 1.54) is 192 Å². The van der Waals surface area contributed by atoms with Gasteiger partial charge in [-0.2, -0.15) is 0 Å². The molecule has 0 unspecified atom stereocenters. The molecular formula is C36H76O2Si. The first-order chi connectivity index (χ1) is 19.2. The zero-order chi connectivity index (χ0) is 28.5. The van der Waals surface area contributed by atoms with Crippen LogP contribution in [0.15, 0.2) is 0 Å². The van der Waals surface area contributed by atoms with Crippen molar-refractivity contribution < 1.29 is 8.85 Å². The highest BCUT2D eigenvalue weighted by atomic mass is 28.4. The predicted molar refractivity (Wildman–Crippen MR) is 179 cm³/mol. The second-order valence-electron chi connectivity index (χ2n) is 12.5. The predicted octanol–water partition coefficient (Wildman–Crippen LogP) is 13.5. The van der Waals surface area contributed by atoms with Crippen molar-refractivity contribution >= 4 is 8.56 Å². The highest BCUT2D eigenvalue weighted by Gasteiger charge is 2.35. The van der Waals surface area contributed by atoms with Gasteiger partial charge in [0.15, 0.2) is 0 Å². The van der Waals surface area contributed by atoms with Crippen LogP contribution < -0.4 is 0 Å². The van der Waals surface area contributed by atoms with Crippen LogP contribution in [0.25, 0.3) is 0 Å². The summed E-state index contributed by atoms with van der Waals surface area (Å²) in [7, 11) is -2.00. The van der Waals surface area contributed by atoms with E-state index >= 15 is 0 Å². The lowest BCUT2D eigenvalue weighted by atomic mass is 10.0. The molecule has 236 valence electrons. The average Bonchev–Trinajstić information content (AvgIpc) is 2.93. The van der Waals surface area contributed by atoms with Crippen molar-refractivity contribution in [3.8, 4) is 0 Å².